The minimum atomic E-state index is -0.196. The third-order valence-corrected chi connectivity index (χ3v) is 3.23. The average molecular weight is 337 g/mol. The molecule has 2 rings (SSSR count). The standard InChI is InChI=1S/C14H17BrN4O/c1-14(2,3)13-17-11(19-16)8-12(18-13)20-10-7-5-4-6-9(10)15/h4-8H,16H2,1-3H3,(H,17,18,19). The lowest BCUT2D eigenvalue weighted by atomic mass is 9.96. The van der Waals surface area contributed by atoms with Crippen molar-refractivity contribution in [2.45, 2.75) is 26.2 Å². The van der Waals surface area contributed by atoms with Crippen LogP contribution < -0.4 is 16.0 Å². The zero-order valence-electron chi connectivity index (χ0n) is 11.6. The van der Waals surface area contributed by atoms with Crippen LogP contribution in [0.2, 0.25) is 0 Å². The lowest BCUT2D eigenvalue weighted by Gasteiger charge is -2.18. The maximum absolute atomic E-state index is 5.79. The van der Waals surface area contributed by atoms with Gasteiger partial charge in [-0.05, 0) is 28.1 Å². The Labute approximate surface area is 126 Å². The Morgan fingerprint density at radius 2 is 1.90 bits per heavy atom. The van der Waals surface area contributed by atoms with Crippen molar-refractivity contribution < 1.29 is 4.74 Å². The minimum absolute atomic E-state index is 0.196. The third kappa shape index (κ3) is 3.46. The van der Waals surface area contributed by atoms with E-state index < -0.39 is 0 Å². The quantitative estimate of drug-likeness (QED) is 0.661. The Bertz CT molecular complexity index is 610. The number of para-hydroxylation sites is 1. The highest BCUT2D eigenvalue weighted by atomic mass is 79.9. The van der Waals surface area contributed by atoms with E-state index in [0.29, 0.717) is 23.3 Å². The molecule has 5 nitrogen and oxygen atoms in total. The summed E-state index contributed by atoms with van der Waals surface area (Å²) >= 11 is 3.44. The van der Waals surface area contributed by atoms with Crippen molar-refractivity contribution in [2.75, 3.05) is 5.43 Å². The molecule has 0 radical (unpaired) electrons. The number of hydrogen-bond donors (Lipinski definition) is 2. The topological polar surface area (TPSA) is 73.1 Å². The van der Waals surface area contributed by atoms with Gasteiger partial charge in [-0.2, -0.15) is 4.98 Å². The monoisotopic (exact) mass is 336 g/mol. The first-order valence-corrected chi connectivity index (χ1v) is 6.98. The summed E-state index contributed by atoms with van der Waals surface area (Å²) in [6.45, 7) is 6.10. The molecule has 0 spiro atoms. The molecule has 0 bridgehead atoms. The van der Waals surface area contributed by atoms with Crippen LogP contribution in [0, 0.1) is 0 Å². The van der Waals surface area contributed by atoms with Crippen LogP contribution in [-0.2, 0) is 5.41 Å². The van der Waals surface area contributed by atoms with Crippen molar-refractivity contribution in [1.82, 2.24) is 9.97 Å². The Morgan fingerprint density at radius 3 is 2.50 bits per heavy atom. The number of nitrogens with two attached hydrogens (primary N) is 1. The maximum atomic E-state index is 5.79. The summed E-state index contributed by atoms with van der Waals surface area (Å²) in [4.78, 5) is 8.79. The first-order chi connectivity index (χ1) is 9.40. The van der Waals surface area contributed by atoms with Gasteiger partial charge in [0.2, 0.25) is 5.88 Å². The van der Waals surface area contributed by atoms with E-state index in [9.17, 15) is 0 Å². The van der Waals surface area contributed by atoms with Crippen LogP contribution in [0.4, 0.5) is 5.82 Å². The molecule has 0 saturated heterocycles. The summed E-state index contributed by atoms with van der Waals surface area (Å²) in [5.74, 6) is 7.77. The van der Waals surface area contributed by atoms with Gasteiger partial charge in [0.05, 0.1) is 4.47 Å². The molecule has 3 N–H and O–H groups in total. The summed E-state index contributed by atoms with van der Waals surface area (Å²) < 4.78 is 6.65. The lowest BCUT2D eigenvalue weighted by molar-refractivity contribution is 0.444. The van der Waals surface area contributed by atoms with Crippen molar-refractivity contribution in [3.63, 3.8) is 0 Å². The van der Waals surface area contributed by atoms with E-state index in [1.807, 2.05) is 45.0 Å². The molecule has 0 saturated carbocycles. The Hall–Kier alpha value is -1.66. The number of halogens is 1. The first-order valence-electron chi connectivity index (χ1n) is 6.19. The molecular weight excluding hydrogens is 320 g/mol. The summed E-state index contributed by atoms with van der Waals surface area (Å²) in [7, 11) is 0. The summed E-state index contributed by atoms with van der Waals surface area (Å²) in [6.07, 6.45) is 0. The fourth-order valence-electron chi connectivity index (χ4n) is 1.53. The molecule has 6 heteroatoms. The predicted octanol–water partition coefficient (Wildman–Crippen LogP) is 3.61. The second-order valence-electron chi connectivity index (χ2n) is 5.34. The summed E-state index contributed by atoms with van der Waals surface area (Å²) in [5, 5.41) is 0. The van der Waals surface area contributed by atoms with E-state index in [0.717, 1.165) is 4.47 Å². The fraction of sp³-hybridized carbons (Fsp3) is 0.286. The molecule has 106 valence electrons. The third-order valence-electron chi connectivity index (χ3n) is 2.57. The van der Waals surface area contributed by atoms with Crippen molar-refractivity contribution in [1.29, 1.82) is 0 Å². The number of benzene rings is 1. The van der Waals surface area contributed by atoms with Crippen molar-refractivity contribution >= 4 is 21.7 Å². The molecule has 0 unspecified atom stereocenters. The zero-order valence-corrected chi connectivity index (χ0v) is 13.2. The highest BCUT2D eigenvalue weighted by molar-refractivity contribution is 9.10. The lowest BCUT2D eigenvalue weighted by Crippen LogP contribution is -2.19. The number of ether oxygens (including phenoxy) is 1. The van der Waals surface area contributed by atoms with Crippen molar-refractivity contribution in [3.05, 3.63) is 40.6 Å². The largest absolute Gasteiger partial charge is 0.438 e. The van der Waals surface area contributed by atoms with E-state index >= 15 is 0 Å². The van der Waals surface area contributed by atoms with Gasteiger partial charge in [-0.3, -0.25) is 0 Å². The molecule has 2 aromatic rings. The van der Waals surface area contributed by atoms with E-state index in [4.69, 9.17) is 10.6 Å². The van der Waals surface area contributed by atoms with Crippen LogP contribution in [0.1, 0.15) is 26.6 Å². The molecule has 20 heavy (non-hydrogen) atoms. The van der Waals surface area contributed by atoms with Crippen molar-refractivity contribution in [3.8, 4) is 11.6 Å². The number of aromatic nitrogens is 2. The van der Waals surface area contributed by atoms with Gasteiger partial charge in [-0.25, -0.2) is 10.8 Å². The average Bonchev–Trinajstić information content (AvgIpc) is 2.40. The van der Waals surface area contributed by atoms with Crippen molar-refractivity contribution in [2.24, 2.45) is 5.84 Å². The highest BCUT2D eigenvalue weighted by Gasteiger charge is 2.19. The molecule has 0 fully saturated rings. The Balaban J connectivity index is 2.39. The number of nitrogens with one attached hydrogen (secondary N) is 1. The van der Waals surface area contributed by atoms with Gasteiger partial charge in [0.25, 0.3) is 0 Å². The maximum Gasteiger partial charge on any atom is 0.224 e. The number of rotatable bonds is 3. The molecule has 0 aliphatic rings. The molecule has 0 atom stereocenters. The molecule has 0 aliphatic carbocycles. The summed E-state index contributed by atoms with van der Waals surface area (Å²) in [6, 6.07) is 9.24. The van der Waals surface area contributed by atoms with Crippen LogP contribution >= 0.6 is 15.9 Å². The number of nitrogens with zero attached hydrogens (tertiary/aromatic N) is 2. The molecule has 1 aromatic carbocycles. The van der Waals surface area contributed by atoms with Crippen LogP contribution in [0.25, 0.3) is 0 Å². The Kier molecular flexibility index (Phi) is 4.25. The van der Waals surface area contributed by atoms with E-state index in [1.165, 1.54) is 0 Å². The number of nitrogen functional groups attached to an aromatic ring is 1. The molecule has 1 aromatic heterocycles. The second kappa shape index (κ2) is 5.76. The number of hydrazine groups is 1. The molecule has 0 amide bonds. The van der Waals surface area contributed by atoms with Gasteiger partial charge in [-0.15, -0.1) is 0 Å². The van der Waals surface area contributed by atoms with Crippen LogP contribution in [0.15, 0.2) is 34.8 Å². The van der Waals surface area contributed by atoms with Gasteiger partial charge in [0.1, 0.15) is 17.4 Å². The second-order valence-corrected chi connectivity index (χ2v) is 6.20. The number of anilines is 1. The molecular formula is C14H17BrN4O. The first kappa shape index (κ1) is 14.7. The van der Waals surface area contributed by atoms with Gasteiger partial charge >= 0.3 is 0 Å². The molecule has 1 heterocycles. The zero-order chi connectivity index (χ0) is 14.8. The fourth-order valence-corrected chi connectivity index (χ4v) is 1.89. The Morgan fingerprint density at radius 1 is 1.20 bits per heavy atom. The van der Waals surface area contributed by atoms with Crippen LogP contribution in [-0.4, -0.2) is 9.97 Å². The van der Waals surface area contributed by atoms with Gasteiger partial charge < -0.3 is 10.2 Å². The van der Waals surface area contributed by atoms with Crippen LogP contribution in [0.3, 0.4) is 0 Å². The predicted molar refractivity (Wildman–Crippen MR) is 82.8 cm³/mol. The molecule has 0 aliphatic heterocycles. The highest BCUT2D eigenvalue weighted by Crippen LogP contribution is 2.30. The normalized spacial score (nSPS) is 11.2. The van der Waals surface area contributed by atoms with Gasteiger partial charge in [0, 0.05) is 11.5 Å². The van der Waals surface area contributed by atoms with Crippen LogP contribution in [0.5, 0.6) is 11.6 Å². The van der Waals surface area contributed by atoms with Gasteiger partial charge in [-0.1, -0.05) is 32.9 Å². The van der Waals surface area contributed by atoms with E-state index in [2.05, 4.69) is 31.3 Å². The van der Waals surface area contributed by atoms with E-state index in [1.54, 1.807) is 6.07 Å². The number of hydrogen-bond acceptors (Lipinski definition) is 5. The SMILES string of the molecule is CC(C)(C)c1nc(NN)cc(Oc2ccccc2Br)n1. The smallest absolute Gasteiger partial charge is 0.224 e. The van der Waals surface area contributed by atoms with E-state index in [-0.39, 0.29) is 5.41 Å². The summed E-state index contributed by atoms with van der Waals surface area (Å²) in [5.41, 5.74) is 2.34. The van der Waals surface area contributed by atoms with Gasteiger partial charge in [0.15, 0.2) is 0 Å². The minimum Gasteiger partial charge on any atom is -0.438 e.